The first kappa shape index (κ1) is 11.8. The van der Waals surface area contributed by atoms with Crippen LogP contribution in [-0.2, 0) is 9.53 Å². The molecule has 2 fully saturated rings. The molecular weight excluding hydrogens is 208 g/mol. The molecule has 5 nitrogen and oxygen atoms in total. The molecule has 1 spiro atoms. The Morgan fingerprint density at radius 3 is 3.12 bits per heavy atom. The van der Waals surface area contributed by atoms with Crippen molar-refractivity contribution in [2.45, 2.75) is 37.4 Å². The van der Waals surface area contributed by atoms with Gasteiger partial charge < -0.3 is 20.5 Å². The van der Waals surface area contributed by atoms with E-state index in [9.17, 15) is 9.90 Å². The summed E-state index contributed by atoms with van der Waals surface area (Å²) in [7, 11) is 0. The summed E-state index contributed by atoms with van der Waals surface area (Å²) in [6, 6.07) is 0. The normalized spacial score (nSPS) is 35.4. The summed E-state index contributed by atoms with van der Waals surface area (Å²) in [6.45, 7) is 1.99. The van der Waals surface area contributed by atoms with Crippen LogP contribution in [0.5, 0.6) is 0 Å². The Bertz CT molecular complexity index is 268. The first-order valence-electron chi connectivity index (χ1n) is 5.95. The maximum atomic E-state index is 11.6. The fourth-order valence-corrected chi connectivity index (χ4v) is 2.73. The lowest BCUT2D eigenvalue weighted by molar-refractivity contribution is -0.160. The van der Waals surface area contributed by atoms with Crippen LogP contribution in [0.2, 0.25) is 0 Å². The number of ether oxygens (including phenoxy) is 1. The van der Waals surface area contributed by atoms with Gasteiger partial charge in [0.25, 0.3) is 0 Å². The van der Waals surface area contributed by atoms with Gasteiger partial charge in [0, 0.05) is 26.1 Å². The summed E-state index contributed by atoms with van der Waals surface area (Å²) < 4.78 is 5.81. The fourth-order valence-electron chi connectivity index (χ4n) is 2.73. The molecule has 2 saturated heterocycles. The molecule has 2 aliphatic rings. The Balaban J connectivity index is 2.02. The minimum absolute atomic E-state index is 0.0252. The molecule has 3 N–H and O–H groups in total. The van der Waals surface area contributed by atoms with Crippen molar-refractivity contribution < 1.29 is 14.6 Å². The van der Waals surface area contributed by atoms with E-state index < -0.39 is 0 Å². The van der Waals surface area contributed by atoms with Crippen LogP contribution in [0.3, 0.4) is 0 Å². The lowest BCUT2D eigenvalue weighted by Crippen LogP contribution is -2.56. The Kier molecular flexibility index (Phi) is 3.47. The average molecular weight is 228 g/mol. The maximum Gasteiger partial charge on any atom is 0.236 e. The molecule has 0 radical (unpaired) electrons. The lowest BCUT2D eigenvalue weighted by atomic mass is 9.84. The lowest BCUT2D eigenvalue weighted by Gasteiger charge is -2.46. The highest BCUT2D eigenvalue weighted by Crippen LogP contribution is 2.33. The van der Waals surface area contributed by atoms with Gasteiger partial charge in [-0.15, -0.1) is 0 Å². The quantitative estimate of drug-likeness (QED) is 0.633. The molecule has 0 aromatic heterocycles. The summed E-state index contributed by atoms with van der Waals surface area (Å²) in [6.07, 6.45) is 2.91. The summed E-state index contributed by atoms with van der Waals surface area (Å²) in [5.74, 6) is -0.0252. The summed E-state index contributed by atoms with van der Waals surface area (Å²) >= 11 is 0. The SMILES string of the molecule is NCC(=O)N1CCC[C@@]2(C[C@@H](O)CCO2)C1. The van der Waals surface area contributed by atoms with Crippen molar-refractivity contribution in [3.8, 4) is 0 Å². The summed E-state index contributed by atoms with van der Waals surface area (Å²) in [5, 5.41) is 9.70. The van der Waals surface area contributed by atoms with Crippen molar-refractivity contribution in [3.63, 3.8) is 0 Å². The highest BCUT2D eigenvalue weighted by Gasteiger charge is 2.41. The molecule has 92 valence electrons. The number of amides is 1. The number of aliphatic hydroxyl groups is 1. The van der Waals surface area contributed by atoms with Crippen LogP contribution >= 0.6 is 0 Å². The smallest absolute Gasteiger partial charge is 0.236 e. The van der Waals surface area contributed by atoms with Gasteiger partial charge in [0.1, 0.15) is 0 Å². The summed E-state index contributed by atoms with van der Waals surface area (Å²) in [4.78, 5) is 13.3. The molecule has 1 amide bonds. The second-order valence-corrected chi connectivity index (χ2v) is 4.80. The Morgan fingerprint density at radius 1 is 1.62 bits per heavy atom. The second-order valence-electron chi connectivity index (χ2n) is 4.80. The van der Waals surface area contributed by atoms with Crippen molar-refractivity contribution in [3.05, 3.63) is 0 Å². The Hall–Kier alpha value is -0.650. The van der Waals surface area contributed by atoms with Gasteiger partial charge in [0.15, 0.2) is 0 Å². The number of carbonyl (C=O) groups excluding carboxylic acids is 1. The third-order valence-electron chi connectivity index (χ3n) is 3.53. The molecule has 2 rings (SSSR count). The van der Waals surface area contributed by atoms with E-state index in [1.165, 1.54) is 0 Å². The number of aliphatic hydroxyl groups excluding tert-OH is 1. The van der Waals surface area contributed by atoms with Gasteiger partial charge >= 0.3 is 0 Å². The molecule has 2 aliphatic heterocycles. The standard InChI is InChI=1S/C11H20N2O3/c12-7-10(15)13-4-1-3-11(8-13)6-9(14)2-5-16-11/h9,14H,1-8,12H2/t9-,11+/m0/s1. The monoisotopic (exact) mass is 228 g/mol. The van der Waals surface area contributed by atoms with E-state index >= 15 is 0 Å². The maximum absolute atomic E-state index is 11.6. The topological polar surface area (TPSA) is 75.8 Å². The van der Waals surface area contributed by atoms with E-state index in [2.05, 4.69) is 0 Å². The highest BCUT2D eigenvalue weighted by molar-refractivity contribution is 5.78. The van der Waals surface area contributed by atoms with E-state index in [-0.39, 0.29) is 24.2 Å². The highest BCUT2D eigenvalue weighted by atomic mass is 16.5. The van der Waals surface area contributed by atoms with Crippen LogP contribution in [0.25, 0.3) is 0 Å². The van der Waals surface area contributed by atoms with Crippen molar-refractivity contribution in [1.82, 2.24) is 4.90 Å². The zero-order valence-electron chi connectivity index (χ0n) is 9.52. The predicted octanol–water partition coefficient (Wildman–Crippen LogP) is -0.522. The third-order valence-corrected chi connectivity index (χ3v) is 3.53. The largest absolute Gasteiger partial charge is 0.393 e. The zero-order chi connectivity index (χ0) is 11.6. The van der Waals surface area contributed by atoms with Gasteiger partial charge in [0.2, 0.25) is 5.91 Å². The molecule has 0 unspecified atom stereocenters. The molecule has 0 aromatic carbocycles. The molecule has 2 heterocycles. The predicted molar refractivity (Wildman–Crippen MR) is 58.8 cm³/mol. The van der Waals surface area contributed by atoms with Crippen LogP contribution in [0.15, 0.2) is 0 Å². The molecule has 0 saturated carbocycles. The van der Waals surface area contributed by atoms with E-state index in [1.54, 1.807) is 4.90 Å². The number of hydrogen-bond acceptors (Lipinski definition) is 4. The molecule has 0 aromatic rings. The number of nitrogens with zero attached hydrogens (tertiary/aromatic N) is 1. The van der Waals surface area contributed by atoms with E-state index in [4.69, 9.17) is 10.5 Å². The fraction of sp³-hybridized carbons (Fsp3) is 0.909. The first-order chi connectivity index (χ1) is 7.65. The van der Waals surface area contributed by atoms with Gasteiger partial charge in [-0.3, -0.25) is 4.79 Å². The van der Waals surface area contributed by atoms with Gasteiger partial charge in [-0.2, -0.15) is 0 Å². The number of carbonyl (C=O) groups is 1. The van der Waals surface area contributed by atoms with Crippen LogP contribution in [0.1, 0.15) is 25.7 Å². The van der Waals surface area contributed by atoms with Crippen LogP contribution in [-0.4, -0.2) is 53.9 Å². The van der Waals surface area contributed by atoms with Gasteiger partial charge in [-0.1, -0.05) is 0 Å². The van der Waals surface area contributed by atoms with Crippen molar-refractivity contribution in [2.75, 3.05) is 26.2 Å². The van der Waals surface area contributed by atoms with Crippen molar-refractivity contribution >= 4 is 5.91 Å². The zero-order valence-corrected chi connectivity index (χ0v) is 9.52. The second kappa shape index (κ2) is 4.69. The minimum Gasteiger partial charge on any atom is -0.393 e. The summed E-state index contributed by atoms with van der Waals surface area (Å²) in [5.41, 5.74) is 5.05. The van der Waals surface area contributed by atoms with Crippen molar-refractivity contribution in [1.29, 1.82) is 0 Å². The van der Waals surface area contributed by atoms with E-state index in [0.29, 0.717) is 26.0 Å². The van der Waals surface area contributed by atoms with E-state index in [1.807, 2.05) is 0 Å². The van der Waals surface area contributed by atoms with Crippen LogP contribution in [0, 0.1) is 0 Å². The molecular formula is C11H20N2O3. The average Bonchev–Trinajstić information content (AvgIpc) is 2.28. The first-order valence-corrected chi connectivity index (χ1v) is 5.95. The number of nitrogens with two attached hydrogens (primary N) is 1. The molecule has 0 aliphatic carbocycles. The minimum atomic E-state index is -0.319. The van der Waals surface area contributed by atoms with Gasteiger partial charge in [-0.05, 0) is 19.3 Å². The number of rotatable bonds is 1. The van der Waals surface area contributed by atoms with Crippen molar-refractivity contribution in [2.24, 2.45) is 5.73 Å². The number of piperidine rings is 1. The van der Waals surface area contributed by atoms with Gasteiger partial charge in [0.05, 0.1) is 18.2 Å². The van der Waals surface area contributed by atoms with Crippen LogP contribution in [0.4, 0.5) is 0 Å². The van der Waals surface area contributed by atoms with E-state index in [0.717, 1.165) is 19.4 Å². The Labute approximate surface area is 95.5 Å². The molecule has 16 heavy (non-hydrogen) atoms. The molecule has 2 atom stereocenters. The molecule has 0 bridgehead atoms. The Morgan fingerprint density at radius 2 is 2.44 bits per heavy atom. The number of likely N-dealkylation sites (tertiary alicyclic amines) is 1. The number of hydrogen-bond donors (Lipinski definition) is 2. The third kappa shape index (κ3) is 2.36. The van der Waals surface area contributed by atoms with Crippen LogP contribution < -0.4 is 5.73 Å². The van der Waals surface area contributed by atoms with Gasteiger partial charge in [-0.25, -0.2) is 0 Å². The molecule has 5 heteroatoms.